The number of aryl methyl sites for hydroxylation is 1. The fourth-order valence-corrected chi connectivity index (χ4v) is 5.16. The van der Waals surface area contributed by atoms with Gasteiger partial charge in [0.2, 0.25) is 0 Å². The number of ether oxygens (including phenoxy) is 2. The molecule has 1 atom stereocenters. The highest BCUT2D eigenvalue weighted by atomic mass is 32.2. The van der Waals surface area contributed by atoms with E-state index in [1.165, 1.54) is 42.6 Å². The summed E-state index contributed by atoms with van der Waals surface area (Å²) in [6.45, 7) is 2.20. The number of nitrogens with one attached hydrogen (secondary N) is 1. The number of aromatic nitrogens is 1. The Balaban J connectivity index is 1.86. The van der Waals surface area contributed by atoms with E-state index in [-0.39, 0.29) is 4.90 Å². The molecule has 1 aliphatic rings. The van der Waals surface area contributed by atoms with Crippen LogP contribution in [0.2, 0.25) is 0 Å². The van der Waals surface area contributed by atoms with Crippen molar-refractivity contribution >= 4 is 26.5 Å². The molecule has 8 heteroatoms. The summed E-state index contributed by atoms with van der Waals surface area (Å²) in [5, 5.41) is 0.420. The summed E-state index contributed by atoms with van der Waals surface area (Å²) < 4.78 is 38.1. The zero-order valence-electron chi connectivity index (χ0n) is 13.8. The van der Waals surface area contributed by atoms with Crippen LogP contribution in [0.3, 0.4) is 0 Å². The minimum atomic E-state index is -3.72. The molecular formula is C16H20N2O4S2. The minimum absolute atomic E-state index is 0.113. The highest BCUT2D eigenvalue weighted by Gasteiger charge is 2.23. The van der Waals surface area contributed by atoms with Gasteiger partial charge in [0, 0.05) is 10.9 Å². The summed E-state index contributed by atoms with van der Waals surface area (Å²) in [4.78, 5) is 5.74. The molecule has 0 aliphatic heterocycles. The Morgan fingerprint density at radius 3 is 2.71 bits per heavy atom. The first-order valence-corrected chi connectivity index (χ1v) is 9.96. The summed E-state index contributed by atoms with van der Waals surface area (Å²) >= 11 is 1.42. The third kappa shape index (κ3) is 3.34. The van der Waals surface area contributed by atoms with Crippen LogP contribution < -0.4 is 14.2 Å². The van der Waals surface area contributed by atoms with Crippen molar-refractivity contribution in [3.63, 3.8) is 0 Å². The van der Waals surface area contributed by atoms with Crippen molar-refractivity contribution in [2.24, 2.45) is 5.92 Å². The first-order chi connectivity index (χ1) is 11.4. The molecule has 130 valence electrons. The molecule has 6 nitrogen and oxygen atoms in total. The summed E-state index contributed by atoms with van der Waals surface area (Å²) in [5.41, 5.74) is 1.02. The fraction of sp³-hybridized carbons (Fsp3) is 0.438. The Bertz CT molecular complexity index is 846. The van der Waals surface area contributed by atoms with Gasteiger partial charge in [-0.1, -0.05) is 6.92 Å². The van der Waals surface area contributed by atoms with Gasteiger partial charge in [-0.3, -0.25) is 4.72 Å². The van der Waals surface area contributed by atoms with Crippen LogP contribution in [-0.4, -0.2) is 27.6 Å². The maximum absolute atomic E-state index is 12.6. The topological polar surface area (TPSA) is 77.5 Å². The molecule has 2 aromatic rings. The highest BCUT2D eigenvalue weighted by Crippen LogP contribution is 2.34. The zero-order chi connectivity index (χ0) is 17.3. The van der Waals surface area contributed by atoms with E-state index in [9.17, 15) is 8.42 Å². The number of methoxy groups -OCH3 is 2. The highest BCUT2D eigenvalue weighted by molar-refractivity contribution is 7.93. The van der Waals surface area contributed by atoms with Crippen LogP contribution in [0.1, 0.15) is 23.9 Å². The molecule has 1 aromatic carbocycles. The van der Waals surface area contributed by atoms with Crippen molar-refractivity contribution < 1.29 is 17.9 Å². The lowest BCUT2D eigenvalue weighted by Crippen LogP contribution is -2.13. The molecule has 0 spiro atoms. The van der Waals surface area contributed by atoms with Gasteiger partial charge in [-0.15, -0.1) is 11.3 Å². The molecule has 0 saturated carbocycles. The standard InChI is InChI=1S/C16H20N2O4S2/c1-10-4-6-12-15(8-10)23-16(17-12)18-24(19,20)11-5-7-13(21-2)14(9-11)22-3/h5,7,9-10H,4,6,8H2,1-3H3,(H,17,18)/t10-/m1/s1. The summed E-state index contributed by atoms with van der Waals surface area (Å²) in [6.07, 6.45) is 2.97. The van der Waals surface area contributed by atoms with Gasteiger partial charge in [-0.2, -0.15) is 0 Å². The number of rotatable bonds is 5. The lowest BCUT2D eigenvalue weighted by Gasteiger charge is -2.15. The number of nitrogens with zero attached hydrogens (tertiary/aromatic N) is 1. The van der Waals surface area contributed by atoms with E-state index < -0.39 is 10.0 Å². The summed E-state index contributed by atoms with van der Waals surface area (Å²) in [7, 11) is -0.746. The summed E-state index contributed by atoms with van der Waals surface area (Å²) in [5.74, 6) is 1.47. The Morgan fingerprint density at radius 1 is 1.25 bits per heavy atom. The lowest BCUT2D eigenvalue weighted by atomic mass is 9.93. The molecule has 0 amide bonds. The Kier molecular flexibility index (Phi) is 4.69. The number of sulfonamides is 1. The molecule has 0 bridgehead atoms. The molecule has 0 radical (unpaired) electrons. The maximum atomic E-state index is 12.6. The van der Waals surface area contributed by atoms with Gasteiger partial charge in [0.1, 0.15) is 0 Å². The van der Waals surface area contributed by atoms with E-state index in [0.717, 1.165) is 25.0 Å². The van der Waals surface area contributed by atoms with Gasteiger partial charge in [-0.25, -0.2) is 13.4 Å². The average Bonchev–Trinajstić information content (AvgIpc) is 2.94. The van der Waals surface area contributed by atoms with Gasteiger partial charge < -0.3 is 9.47 Å². The number of hydrogen-bond donors (Lipinski definition) is 1. The van der Waals surface area contributed by atoms with Crippen molar-refractivity contribution in [3.05, 3.63) is 28.8 Å². The SMILES string of the molecule is COc1ccc(S(=O)(=O)Nc2nc3c(s2)C[C@H](C)CC3)cc1OC. The number of benzene rings is 1. The van der Waals surface area contributed by atoms with Gasteiger partial charge in [0.15, 0.2) is 16.6 Å². The third-order valence-corrected chi connectivity index (χ3v) is 6.57. The second-order valence-electron chi connectivity index (χ2n) is 5.86. The number of hydrogen-bond acceptors (Lipinski definition) is 6. The van der Waals surface area contributed by atoms with E-state index in [0.29, 0.717) is 22.5 Å². The normalized spacial score (nSPS) is 17.2. The number of fused-ring (bicyclic) bond motifs is 1. The van der Waals surface area contributed by atoms with E-state index >= 15 is 0 Å². The van der Waals surface area contributed by atoms with Crippen LogP contribution in [0.5, 0.6) is 11.5 Å². The van der Waals surface area contributed by atoms with E-state index in [4.69, 9.17) is 9.47 Å². The Hall–Kier alpha value is -1.80. The van der Waals surface area contributed by atoms with Crippen molar-refractivity contribution in [1.82, 2.24) is 4.98 Å². The monoisotopic (exact) mass is 368 g/mol. The lowest BCUT2D eigenvalue weighted by molar-refractivity contribution is 0.354. The number of thiazole rings is 1. The molecule has 0 fully saturated rings. The second-order valence-corrected chi connectivity index (χ2v) is 8.63. The Labute approximate surface area is 145 Å². The summed E-state index contributed by atoms with van der Waals surface area (Å²) in [6, 6.07) is 4.50. The molecule has 0 unspecified atom stereocenters. The van der Waals surface area contributed by atoms with Gasteiger partial charge in [-0.05, 0) is 37.3 Å². The molecule has 0 saturated heterocycles. The minimum Gasteiger partial charge on any atom is -0.493 e. The average molecular weight is 368 g/mol. The van der Waals surface area contributed by atoms with Gasteiger partial charge >= 0.3 is 0 Å². The molecule has 3 rings (SSSR count). The second kappa shape index (κ2) is 6.60. The zero-order valence-corrected chi connectivity index (χ0v) is 15.5. The van der Waals surface area contributed by atoms with Crippen LogP contribution in [-0.2, 0) is 22.9 Å². The molecule has 1 aliphatic carbocycles. The molecule has 1 N–H and O–H groups in total. The van der Waals surface area contributed by atoms with Crippen LogP contribution in [0.25, 0.3) is 0 Å². The fourth-order valence-electron chi connectivity index (χ4n) is 2.74. The largest absolute Gasteiger partial charge is 0.493 e. The first-order valence-electron chi connectivity index (χ1n) is 7.66. The van der Waals surface area contributed by atoms with Crippen LogP contribution in [0.15, 0.2) is 23.1 Å². The van der Waals surface area contributed by atoms with Gasteiger partial charge in [0.25, 0.3) is 10.0 Å². The van der Waals surface area contributed by atoms with Crippen molar-refractivity contribution in [3.8, 4) is 11.5 Å². The van der Waals surface area contributed by atoms with Crippen molar-refractivity contribution in [1.29, 1.82) is 0 Å². The van der Waals surface area contributed by atoms with Crippen molar-refractivity contribution in [2.45, 2.75) is 31.1 Å². The smallest absolute Gasteiger partial charge is 0.263 e. The Morgan fingerprint density at radius 2 is 2.00 bits per heavy atom. The van der Waals surface area contributed by atoms with Crippen molar-refractivity contribution in [2.75, 3.05) is 18.9 Å². The third-order valence-electron chi connectivity index (χ3n) is 4.07. The van der Waals surface area contributed by atoms with Crippen LogP contribution in [0.4, 0.5) is 5.13 Å². The predicted molar refractivity (Wildman–Crippen MR) is 93.7 cm³/mol. The quantitative estimate of drug-likeness (QED) is 0.877. The number of anilines is 1. The molecule has 1 aromatic heterocycles. The van der Waals surface area contributed by atoms with Gasteiger partial charge in [0.05, 0.1) is 24.8 Å². The predicted octanol–water partition coefficient (Wildman–Crippen LogP) is 3.09. The molecule has 24 heavy (non-hydrogen) atoms. The van der Waals surface area contributed by atoms with Crippen LogP contribution >= 0.6 is 11.3 Å². The maximum Gasteiger partial charge on any atom is 0.263 e. The molecular weight excluding hydrogens is 348 g/mol. The van der Waals surface area contributed by atoms with E-state index in [2.05, 4.69) is 16.6 Å². The van der Waals surface area contributed by atoms with E-state index in [1.54, 1.807) is 6.07 Å². The first kappa shape index (κ1) is 17.0. The van der Waals surface area contributed by atoms with Crippen LogP contribution in [0, 0.1) is 5.92 Å². The van der Waals surface area contributed by atoms with E-state index in [1.807, 2.05) is 0 Å². The molecule has 1 heterocycles.